The second kappa shape index (κ2) is 8.18. The number of carboxylic acid groups (broad SMARTS) is 1. The number of carbonyl (C=O) groups excluding carboxylic acids is 2. The Morgan fingerprint density at radius 2 is 1.96 bits per heavy atom. The van der Waals surface area contributed by atoms with E-state index in [0.29, 0.717) is 39.3 Å². The summed E-state index contributed by atoms with van der Waals surface area (Å²) < 4.78 is 5.28. The van der Waals surface area contributed by atoms with Crippen LogP contribution in [-0.4, -0.2) is 77.7 Å². The van der Waals surface area contributed by atoms with E-state index < -0.39 is 18.2 Å². The van der Waals surface area contributed by atoms with Crippen LogP contribution >= 0.6 is 0 Å². The molecule has 8 nitrogen and oxygen atoms in total. The molecule has 0 aliphatic carbocycles. The minimum Gasteiger partial charge on any atom is -0.465 e. The summed E-state index contributed by atoms with van der Waals surface area (Å²) in [6, 6.07) is 7.48. The van der Waals surface area contributed by atoms with Gasteiger partial charge >= 0.3 is 6.09 Å². The van der Waals surface area contributed by atoms with Gasteiger partial charge in [-0.15, -0.1) is 0 Å². The van der Waals surface area contributed by atoms with E-state index in [1.54, 1.807) is 4.90 Å². The van der Waals surface area contributed by atoms with Crippen molar-refractivity contribution in [1.82, 2.24) is 15.1 Å². The fourth-order valence-electron chi connectivity index (χ4n) is 3.47. The molecule has 0 bridgehead atoms. The highest BCUT2D eigenvalue weighted by molar-refractivity contribution is 5.91. The molecule has 2 aliphatic heterocycles. The van der Waals surface area contributed by atoms with Crippen LogP contribution in [0.3, 0.4) is 0 Å². The number of nitrogens with one attached hydrogen (secondary N) is 1. The Morgan fingerprint density at radius 3 is 2.54 bits per heavy atom. The molecule has 2 saturated heterocycles. The van der Waals surface area contributed by atoms with Crippen LogP contribution in [0.2, 0.25) is 0 Å². The van der Waals surface area contributed by atoms with E-state index in [1.165, 1.54) is 0 Å². The van der Waals surface area contributed by atoms with Gasteiger partial charge in [0, 0.05) is 26.1 Å². The van der Waals surface area contributed by atoms with Crippen molar-refractivity contribution in [3.8, 4) is 0 Å². The maximum atomic E-state index is 13.1. The van der Waals surface area contributed by atoms with Gasteiger partial charge in [-0.2, -0.15) is 0 Å². The number of benzene rings is 1. The van der Waals surface area contributed by atoms with E-state index in [2.05, 4.69) is 5.32 Å². The molecule has 2 N–H and O–H groups in total. The van der Waals surface area contributed by atoms with Gasteiger partial charge in [-0.05, 0) is 12.0 Å². The van der Waals surface area contributed by atoms with Crippen molar-refractivity contribution in [2.45, 2.75) is 24.9 Å². The largest absolute Gasteiger partial charge is 0.465 e. The van der Waals surface area contributed by atoms with Crippen molar-refractivity contribution in [3.05, 3.63) is 35.9 Å². The summed E-state index contributed by atoms with van der Waals surface area (Å²) in [5.41, 5.74) is 0.851. The topological polar surface area (TPSA) is 99.2 Å². The molecule has 0 aromatic heterocycles. The molecule has 1 aromatic rings. The number of morpholine rings is 1. The van der Waals surface area contributed by atoms with Crippen LogP contribution in [0.15, 0.2) is 30.3 Å². The highest BCUT2D eigenvalue weighted by Crippen LogP contribution is 2.20. The maximum Gasteiger partial charge on any atom is 0.408 e. The number of nitrogens with zero attached hydrogens (tertiary/aromatic N) is 2. The van der Waals surface area contributed by atoms with Crippen LogP contribution in [0.1, 0.15) is 12.0 Å². The van der Waals surface area contributed by atoms with Crippen LogP contribution in [0.25, 0.3) is 0 Å². The second-order valence-corrected chi connectivity index (χ2v) is 6.43. The van der Waals surface area contributed by atoms with Crippen LogP contribution < -0.4 is 5.32 Å². The molecular weight excluding hydrogens is 338 g/mol. The molecule has 140 valence electrons. The zero-order valence-electron chi connectivity index (χ0n) is 14.5. The molecule has 1 aromatic carbocycles. The third kappa shape index (κ3) is 3.96. The van der Waals surface area contributed by atoms with Gasteiger partial charge < -0.3 is 20.1 Å². The minimum absolute atomic E-state index is 0.229. The molecule has 2 aliphatic rings. The highest BCUT2D eigenvalue weighted by atomic mass is 16.5. The Hall–Kier alpha value is -2.61. The van der Waals surface area contributed by atoms with Gasteiger partial charge in [0.25, 0.3) is 0 Å². The summed E-state index contributed by atoms with van der Waals surface area (Å²) in [4.78, 5) is 39.9. The lowest BCUT2D eigenvalue weighted by Crippen LogP contribution is -2.58. The van der Waals surface area contributed by atoms with Gasteiger partial charge in [-0.1, -0.05) is 30.3 Å². The lowest BCUT2D eigenvalue weighted by molar-refractivity contribution is -0.142. The smallest absolute Gasteiger partial charge is 0.408 e. The third-order valence-electron chi connectivity index (χ3n) is 4.79. The monoisotopic (exact) mass is 361 g/mol. The average molecular weight is 361 g/mol. The molecule has 2 fully saturated rings. The molecule has 2 atom stereocenters. The second-order valence-electron chi connectivity index (χ2n) is 6.43. The number of hydrogen-bond acceptors (Lipinski definition) is 4. The van der Waals surface area contributed by atoms with E-state index in [1.807, 2.05) is 30.3 Å². The molecule has 3 amide bonds. The summed E-state index contributed by atoms with van der Waals surface area (Å²) in [5, 5.41) is 12.5. The van der Waals surface area contributed by atoms with Crippen molar-refractivity contribution in [2.24, 2.45) is 0 Å². The molecule has 3 rings (SSSR count). The van der Waals surface area contributed by atoms with E-state index in [0.717, 1.165) is 10.5 Å². The average Bonchev–Trinajstić information content (AvgIpc) is 3.07. The van der Waals surface area contributed by atoms with Gasteiger partial charge in [0.15, 0.2) is 0 Å². The molecule has 2 heterocycles. The number of rotatable bonds is 5. The number of carbonyl (C=O) groups is 3. The lowest BCUT2D eigenvalue weighted by atomic mass is 10.0. The standard InChI is InChI=1S/C18H23N3O5/c22-16-14(6-7-19-16)21(18(24)25)15(12-13-4-2-1-3-5-13)17(23)20-8-10-26-11-9-20/h1-5,14-15H,6-12H2,(H,19,22)(H,24,25)/t14-,15-/m0/s1. The first kappa shape index (κ1) is 18.2. The Bertz CT molecular complexity index is 660. The molecule has 26 heavy (non-hydrogen) atoms. The summed E-state index contributed by atoms with van der Waals surface area (Å²) in [6.07, 6.45) is -0.658. The van der Waals surface area contributed by atoms with E-state index in [-0.39, 0.29) is 18.2 Å². The van der Waals surface area contributed by atoms with Crippen LogP contribution in [0.4, 0.5) is 4.79 Å². The molecular formula is C18H23N3O5. The van der Waals surface area contributed by atoms with Crippen LogP contribution in [0, 0.1) is 0 Å². The Morgan fingerprint density at radius 1 is 1.27 bits per heavy atom. The van der Waals surface area contributed by atoms with Crippen molar-refractivity contribution >= 4 is 17.9 Å². The first-order valence-corrected chi connectivity index (χ1v) is 8.77. The molecule has 0 spiro atoms. The number of ether oxygens (including phenoxy) is 1. The van der Waals surface area contributed by atoms with Gasteiger partial charge in [0.2, 0.25) is 11.8 Å². The fraction of sp³-hybridized carbons (Fsp3) is 0.500. The van der Waals surface area contributed by atoms with Crippen molar-refractivity contribution in [3.63, 3.8) is 0 Å². The summed E-state index contributed by atoms with van der Waals surface area (Å²) >= 11 is 0. The molecule has 8 heteroatoms. The molecule has 0 unspecified atom stereocenters. The Labute approximate surface area is 151 Å². The predicted octanol–water partition coefficient (Wildman–Crippen LogP) is 0.325. The third-order valence-corrected chi connectivity index (χ3v) is 4.79. The summed E-state index contributed by atoms with van der Waals surface area (Å²) in [5.74, 6) is -0.625. The molecule has 0 radical (unpaired) electrons. The maximum absolute atomic E-state index is 13.1. The summed E-state index contributed by atoms with van der Waals surface area (Å²) in [6.45, 7) is 2.13. The predicted molar refractivity (Wildman–Crippen MR) is 92.6 cm³/mol. The van der Waals surface area contributed by atoms with Crippen molar-refractivity contribution < 1.29 is 24.2 Å². The number of amides is 3. The van der Waals surface area contributed by atoms with Gasteiger partial charge in [-0.25, -0.2) is 4.79 Å². The van der Waals surface area contributed by atoms with Gasteiger partial charge in [0.1, 0.15) is 12.1 Å². The van der Waals surface area contributed by atoms with Crippen LogP contribution in [0.5, 0.6) is 0 Å². The Kier molecular flexibility index (Phi) is 5.72. The zero-order valence-corrected chi connectivity index (χ0v) is 14.5. The fourth-order valence-corrected chi connectivity index (χ4v) is 3.47. The minimum atomic E-state index is -1.26. The normalized spacial score (nSPS) is 21.2. The van der Waals surface area contributed by atoms with E-state index in [4.69, 9.17) is 4.74 Å². The highest BCUT2D eigenvalue weighted by Gasteiger charge is 2.42. The zero-order chi connectivity index (χ0) is 18.5. The molecule has 0 saturated carbocycles. The van der Waals surface area contributed by atoms with Gasteiger partial charge in [0.05, 0.1) is 13.2 Å². The van der Waals surface area contributed by atoms with Crippen LogP contribution in [-0.2, 0) is 20.7 Å². The van der Waals surface area contributed by atoms with E-state index in [9.17, 15) is 19.5 Å². The van der Waals surface area contributed by atoms with E-state index >= 15 is 0 Å². The summed E-state index contributed by atoms with van der Waals surface area (Å²) in [7, 11) is 0. The Balaban J connectivity index is 1.90. The first-order chi connectivity index (χ1) is 12.6. The van der Waals surface area contributed by atoms with Crippen molar-refractivity contribution in [2.75, 3.05) is 32.8 Å². The number of hydrogen-bond donors (Lipinski definition) is 2. The first-order valence-electron chi connectivity index (χ1n) is 8.77. The van der Waals surface area contributed by atoms with Gasteiger partial charge in [-0.3, -0.25) is 14.5 Å². The van der Waals surface area contributed by atoms with Crippen molar-refractivity contribution in [1.29, 1.82) is 0 Å². The lowest BCUT2D eigenvalue weighted by Gasteiger charge is -2.36. The quantitative estimate of drug-likeness (QED) is 0.787. The SMILES string of the molecule is O=C1NCC[C@@H]1N(C(=O)O)[C@@H](Cc1ccccc1)C(=O)N1CCOCC1.